The fraction of sp³-hybridized carbons (Fsp3) is 0.333. The molecule has 1 amide bonds. The fourth-order valence-corrected chi connectivity index (χ4v) is 3.89. The van der Waals surface area contributed by atoms with E-state index in [0.717, 1.165) is 4.68 Å². The van der Waals surface area contributed by atoms with Crippen molar-refractivity contribution in [1.29, 1.82) is 0 Å². The van der Waals surface area contributed by atoms with E-state index in [4.69, 9.17) is 9.47 Å². The number of thiophene rings is 1. The molecule has 0 aliphatic heterocycles. The van der Waals surface area contributed by atoms with E-state index in [-0.39, 0.29) is 23.6 Å². The van der Waals surface area contributed by atoms with Crippen LogP contribution in [-0.4, -0.2) is 34.9 Å². The van der Waals surface area contributed by atoms with Crippen LogP contribution in [0.25, 0.3) is 16.5 Å². The summed E-state index contributed by atoms with van der Waals surface area (Å²) in [6.45, 7) is 6.17. The van der Waals surface area contributed by atoms with Crippen molar-refractivity contribution >= 4 is 39.0 Å². The predicted octanol–water partition coefficient (Wildman–Crippen LogP) is 3.76. The monoisotopic (exact) mass is 429 g/mol. The summed E-state index contributed by atoms with van der Waals surface area (Å²) in [5.41, 5.74) is 0.0516. The Morgan fingerprint density at radius 1 is 1.13 bits per heavy atom. The van der Waals surface area contributed by atoms with Gasteiger partial charge in [0.15, 0.2) is 5.69 Å². The summed E-state index contributed by atoms with van der Waals surface area (Å²) in [4.78, 5) is 37.9. The third-order valence-electron chi connectivity index (χ3n) is 4.24. The first-order valence-corrected chi connectivity index (χ1v) is 10.6. The lowest BCUT2D eigenvalue weighted by molar-refractivity contribution is -0.116. The van der Waals surface area contributed by atoms with Gasteiger partial charge in [0.2, 0.25) is 5.91 Å². The number of aromatic nitrogens is 2. The van der Waals surface area contributed by atoms with E-state index in [9.17, 15) is 14.4 Å². The maximum atomic E-state index is 13.3. The highest BCUT2D eigenvalue weighted by Crippen LogP contribution is 2.31. The Morgan fingerprint density at radius 3 is 2.50 bits per heavy atom. The van der Waals surface area contributed by atoms with Crippen LogP contribution in [0.2, 0.25) is 0 Å². The van der Waals surface area contributed by atoms with Crippen molar-refractivity contribution < 1.29 is 19.1 Å². The van der Waals surface area contributed by atoms with E-state index >= 15 is 0 Å². The van der Waals surface area contributed by atoms with E-state index in [1.54, 1.807) is 36.6 Å². The minimum atomic E-state index is -0.633. The molecular formula is C21H23N3O5S. The summed E-state index contributed by atoms with van der Waals surface area (Å²) in [6.07, 6.45) is 1.02. The number of carbonyl (C=O) groups is 2. The van der Waals surface area contributed by atoms with Crippen LogP contribution in [0, 0.1) is 0 Å². The minimum absolute atomic E-state index is 0.0209. The van der Waals surface area contributed by atoms with Crippen molar-refractivity contribution in [3.63, 3.8) is 0 Å². The highest BCUT2D eigenvalue weighted by Gasteiger charge is 2.23. The summed E-state index contributed by atoms with van der Waals surface area (Å²) >= 11 is 1.18. The lowest BCUT2D eigenvalue weighted by Crippen LogP contribution is -2.25. The number of anilines is 1. The van der Waals surface area contributed by atoms with E-state index in [1.165, 1.54) is 11.3 Å². The Hall–Kier alpha value is -3.20. The second-order valence-corrected chi connectivity index (χ2v) is 7.24. The molecule has 9 heteroatoms. The number of fused-ring (bicyclic) bond motifs is 1. The molecule has 8 nitrogen and oxygen atoms in total. The largest absolute Gasteiger partial charge is 0.494 e. The topological polar surface area (TPSA) is 99.5 Å². The van der Waals surface area contributed by atoms with Gasteiger partial charge < -0.3 is 14.8 Å². The van der Waals surface area contributed by atoms with Crippen molar-refractivity contribution in [3.8, 4) is 11.4 Å². The van der Waals surface area contributed by atoms with Crippen LogP contribution in [0.15, 0.2) is 34.4 Å². The molecule has 0 bridgehead atoms. The Morgan fingerprint density at radius 2 is 1.87 bits per heavy atom. The lowest BCUT2D eigenvalue weighted by atomic mass is 10.2. The molecule has 2 aromatic heterocycles. The highest BCUT2D eigenvalue weighted by atomic mass is 32.1. The van der Waals surface area contributed by atoms with Gasteiger partial charge in [-0.2, -0.15) is 9.78 Å². The van der Waals surface area contributed by atoms with Gasteiger partial charge in [-0.15, -0.1) is 11.3 Å². The molecule has 0 radical (unpaired) electrons. The van der Waals surface area contributed by atoms with Crippen molar-refractivity contribution in [2.75, 3.05) is 18.5 Å². The van der Waals surface area contributed by atoms with Crippen molar-refractivity contribution in [1.82, 2.24) is 9.78 Å². The molecule has 0 atom stereocenters. The van der Waals surface area contributed by atoms with Gasteiger partial charge in [-0.25, -0.2) is 4.79 Å². The van der Waals surface area contributed by atoms with Gasteiger partial charge in [-0.1, -0.05) is 6.92 Å². The normalized spacial score (nSPS) is 10.8. The van der Waals surface area contributed by atoms with Crippen LogP contribution >= 0.6 is 11.3 Å². The van der Waals surface area contributed by atoms with Crippen LogP contribution in [-0.2, 0) is 9.53 Å². The average molecular weight is 429 g/mol. The number of hydrogen-bond donors (Lipinski definition) is 1. The number of nitrogens with one attached hydrogen (secondary N) is 1. The maximum absolute atomic E-state index is 13.3. The van der Waals surface area contributed by atoms with Crippen LogP contribution < -0.4 is 15.6 Å². The maximum Gasteiger partial charge on any atom is 0.359 e. The molecule has 2 heterocycles. The van der Waals surface area contributed by atoms with Crippen molar-refractivity contribution in [2.24, 2.45) is 0 Å². The Balaban J connectivity index is 2.18. The smallest absolute Gasteiger partial charge is 0.359 e. The summed E-state index contributed by atoms with van der Waals surface area (Å²) < 4.78 is 11.7. The molecule has 0 unspecified atom stereocenters. The molecular weight excluding hydrogens is 406 g/mol. The first kappa shape index (κ1) is 21.5. The molecule has 0 fully saturated rings. The first-order chi connectivity index (χ1) is 14.5. The molecule has 30 heavy (non-hydrogen) atoms. The average Bonchev–Trinajstić information content (AvgIpc) is 3.14. The van der Waals surface area contributed by atoms with Crippen LogP contribution in [0.3, 0.4) is 0 Å². The minimum Gasteiger partial charge on any atom is -0.494 e. The third kappa shape index (κ3) is 4.35. The second kappa shape index (κ2) is 9.53. The zero-order valence-corrected chi connectivity index (χ0v) is 17.9. The Kier molecular flexibility index (Phi) is 6.83. The number of hydrogen-bond acceptors (Lipinski definition) is 7. The Bertz CT molecular complexity index is 1120. The highest BCUT2D eigenvalue weighted by molar-refractivity contribution is 7.16. The quantitative estimate of drug-likeness (QED) is 0.547. The zero-order valence-electron chi connectivity index (χ0n) is 17.1. The summed E-state index contributed by atoms with van der Waals surface area (Å²) in [6, 6.07) is 6.81. The fourth-order valence-electron chi connectivity index (χ4n) is 2.93. The van der Waals surface area contributed by atoms with E-state index in [0.29, 0.717) is 41.3 Å². The molecule has 1 N–H and O–H groups in total. The van der Waals surface area contributed by atoms with Crippen molar-refractivity contribution in [2.45, 2.75) is 33.6 Å². The number of rotatable bonds is 8. The molecule has 3 aromatic rings. The summed E-state index contributed by atoms with van der Waals surface area (Å²) in [5, 5.41) is 9.67. The summed E-state index contributed by atoms with van der Waals surface area (Å²) in [5.74, 6) is -0.168. The van der Waals surface area contributed by atoms with Crippen LogP contribution in [0.5, 0.6) is 5.75 Å². The SMILES string of the molecule is CCCC(=O)Nc1scc2c(C(=O)OCC)nn(-c3ccc(OCC)cc3)c(=O)c12. The predicted molar refractivity (Wildman–Crippen MR) is 116 cm³/mol. The van der Waals surface area contributed by atoms with E-state index in [1.807, 2.05) is 13.8 Å². The molecule has 158 valence electrons. The number of benzene rings is 1. The Labute approximate surface area is 177 Å². The summed E-state index contributed by atoms with van der Waals surface area (Å²) in [7, 11) is 0. The molecule has 0 spiro atoms. The zero-order chi connectivity index (χ0) is 21.7. The molecule has 0 saturated carbocycles. The van der Waals surface area contributed by atoms with E-state index < -0.39 is 11.5 Å². The van der Waals surface area contributed by atoms with Gasteiger partial charge in [0, 0.05) is 17.2 Å². The first-order valence-electron chi connectivity index (χ1n) is 9.74. The number of nitrogens with zero attached hydrogens (tertiary/aromatic N) is 2. The number of amides is 1. The number of esters is 1. The third-order valence-corrected chi connectivity index (χ3v) is 5.14. The van der Waals surface area contributed by atoms with Gasteiger partial charge >= 0.3 is 5.97 Å². The molecule has 0 aliphatic rings. The van der Waals surface area contributed by atoms with Gasteiger partial charge in [-0.3, -0.25) is 9.59 Å². The van der Waals surface area contributed by atoms with Crippen molar-refractivity contribution in [3.05, 3.63) is 45.7 Å². The molecule has 1 aromatic carbocycles. The van der Waals surface area contributed by atoms with Gasteiger partial charge in [0.1, 0.15) is 10.8 Å². The number of carbonyl (C=O) groups excluding carboxylic acids is 2. The molecule has 0 saturated heterocycles. The second-order valence-electron chi connectivity index (χ2n) is 6.36. The van der Waals surface area contributed by atoms with E-state index in [2.05, 4.69) is 10.4 Å². The van der Waals surface area contributed by atoms with Gasteiger partial charge in [0.25, 0.3) is 5.56 Å². The lowest BCUT2D eigenvalue weighted by Gasteiger charge is -2.10. The molecule has 3 rings (SSSR count). The van der Waals surface area contributed by atoms with Gasteiger partial charge in [-0.05, 0) is 44.5 Å². The molecule has 0 aliphatic carbocycles. The van der Waals surface area contributed by atoms with Crippen LogP contribution in [0.4, 0.5) is 5.00 Å². The number of ether oxygens (including phenoxy) is 2. The van der Waals surface area contributed by atoms with Gasteiger partial charge in [0.05, 0.1) is 24.3 Å². The standard InChI is InChI=1S/C21H23N3O5S/c1-4-7-16(25)22-19-17-15(12-30-19)18(21(27)29-6-3)23-24(20(17)26)13-8-10-14(11-9-13)28-5-2/h8-12H,4-7H2,1-3H3,(H,22,25). The van der Waals surface area contributed by atoms with Crippen LogP contribution in [0.1, 0.15) is 44.1 Å².